The van der Waals surface area contributed by atoms with Crippen LogP contribution >= 0.6 is 15.9 Å². The SMILES string of the molecule is COc1cc(C#N)ccc1NS(=O)(=O)c1ccccc1Br. The maximum absolute atomic E-state index is 12.4. The lowest BCUT2D eigenvalue weighted by Crippen LogP contribution is -2.14. The quantitative estimate of drug-likeness (QED) is 0.901. The first kappa shape index (κ1) is 15.4. The highest BCUT2D eigenvalue weighted by Gasteiger charge is 2.19. The fourth-order valence-corrected chi connectivity index (χ4v) is 3.78. The van der Waals surface area contributed by atoms with Crippen LogP contribution in [0, 0.1) is 11.3 Å². The molecular formula is C14H11BrN2O3S. The molecule has 0 fully saturated rings. The van der Waals surface area contributed by atoms with E-state index in [1.165, 1.54) is 31.4 Å². The Bertz CT molecular complexity index is 813. The van der Waals surface area contributed by atoms with Gasteiger partial charge in [0.05, 0.1) is 24.4 Å². The first-order valence-corrected chi connectivity index (χ1v) is 8.11. The van der Waals surface area contributed by atoms with E-state index >= 15 is 0 Å². The molecule has 0 heterocycles. The van der Waals surface area contributed by atoms with Crippen LogP contribution in [0.5, 0.6) is 5.75 Å². The van der Waals surface area contributed by atoms with Crippen molar-refractivity contribution < 1.29 is 13.2 Å². The Balaban J connectivity index is 2.42. The van der Waals surface area contributed by atoms with E-state index in [9.17, 15) is 8.42 Å². The van der Waals surface area contributed by atoms with Crippen LogP contribution in [0.15, 0.2) is 51.8 Å². The summed E-state index contributed by atoms with van der Waals surface area (Å²) >= 11 is 3.21. The second kappa shape index (κ2) is 6.16. The molecule has 0 aliphatic heterocycles. The topological polar surface area (TPSA) is 79.2 Å². The predicted molar refractivity (Wildman–Crippen MR) is 82.7 cm³/mol. The molecule has 2 aromatic carbocycles. The van der Waals surface area contributed by atoms with E-state index in [1.807, 2.05) is 6.07 Å². The molecule has 1 N–H and O–H groups in total. The molecule has 2 aromatic rings. The number of hydrogen-bond acceptors (Lipinski definition) is 4. The highest BCUT2D eigenvalue weighted by Crippen LogP contribution is 2.29. The molecule has 108 valence electrons. The highest BCUT2D eigenvalue weighted by atomic mass is 79.9. The van der Waals surface area contributed by atoms with E-state index in [-0.39, 0.29) is 16.3 Å². The third-order valence-corrected chi connectivity index (χ3v) is 5.08. The number of anilines is 1. The molecular weight excluding hydrogens is 356 g/mol. The third-order valence-electron chi connectivity index (χ3n) is 2.70. The predicted octanol–water partition coefficient (Wildman–Crippen LogP) is 3.13. The molecule has 0 radical (unpaired) electrons. The van der Waals surface area contributed by atoms with Crippen molar-refractivity contribution in [1.29, 1.82) is 5.26 Å². The Morgan fingerprint density at radius 2 is 1.95 bits per heavy atom. The summed E-state index contributed by atoms with van der Waals surface area (Å²) in [6, 6.07) is 12.9. The van der Waals surface area contributed by atoms with Gasteiger partial charge < -0.3 is 4.74 Å². The number of rotatable bonds is 4. The summed E-state index contributed by atoms with van der Waals surface area (Å²) in [6.07, 6.45) is 0. The zero-order valence-corrected chi connectivity index (χ0v) is 13.4. The molecule has 2 rings (SSSR count). The molecule has 5 nitrogen and oxygen atoms in total. The lowest BCUT2D eigenvalue weighted by atomic mass is 10.2. The van der Waals surface area contributed by atoms with Crippen LogP contribution in [0.3, 0.4) is 0 Å². The van der Waals surface area contributed by atoms with Crippen LogP contribution in [0.25, 0.3) is 0 Å². The van der Waals surface area contributed by atoms with E-state index < -0.39 is 10.0 Å². The standard InChI is InChI=1S/C14H11BrN2O3S/c1-20-13-8-10(9-16)6-7-12(13)17-21(18,19)14-5-3-2-4-11(14)15/h2-8,17H,1H3. The minimum absolute atomic E-state index is 0.122. The van der Waals surface area contributed by atoms with E-state index in [1.54, 1.807) is 18.2 Å². The van der Waals surface area contributed by atoms with Gasteiger partial charge in [-0.1, -0.05) is 12.1 Å². The van der Waals surface area contributed by atoms with Crippen molar-refractivity contribution in [2.24, 2.45) is 0 Å². The zero-order valence-electron chi connectivity index (χ0n) is 11.0. The Morgan fingerprint density at radius 1 is 1.24 bits per heavy atom. The van der Waals surface area contributed by atoms with E-state index in [0.29, 0.717) is 10.0 Å². The van der Waals surface area contributed by atoms with Gasteiger partial charge in [-0.15, -0.1) is 0 Å². The van der Waals surface area contributed by atoms with E-state index in [4.69, 9.17) is 10.00 Å². The molecule has 0 amide bonds. The van der Waals surface area contributed by atoms with Crippen LogP contribution in [0.2, 0.25) is 0 Å². The lowest BCUT2D eigenvalue weighted by molar-refractivity contribution is 0.416. The first-order chi connectivity index (χ1) is 9.97. The maximum atomic E-state index is 12.4. The number of nitrogens with zero attached hydrogens (tertiary/aromatic N) is 1. The smallest absolute Gasteiger partial charge is 0.263 e. The average molecular weight is 367 g/mol. The number of nitrogens with one attached hydrogen (secondary N) is 1. The molecule has 0 spiro atoms. The number of hydrogen-bond donors (Lipinski definition) is 1. The lowest BCUT2D eigenvalue weighted by Gasteiger charge is -2.12. The Kier molecular flexibility index (Phi) is 4.50. The molecule has 0 aliphatic rings. The third kappa shape index (κ3) is 3.35. The van der Waals surface area contributed by atoms with Crippen molar-refractivity contribution in [2.45, 2.75) is 4.90 Å². The van der Waals surface area contributed by atoms with Crippen molar-refractivity contribution in [1.82, 2.24) is 0 Å². The second-order valence-electron chi connectivity index (χ2n) is 4.06. The minimum atomic E-state index is -3.76. The van der Waals surface area contributed by atoms with Crippen molar-refractivity contribution in [3.8, 4) is 11.8 Å². The van der Waals surface area contributed by atoms with Gasteiger partial charge in [-0.25, -0.2) is 8.42 Å². The van der Waals surface area contributed by atoms with Gasteiger partial charge in [0.2, 0.25) is 0 Å². The summed E-state index contributed by atoms with van der Waals surface area (Å²) in [7, 11) is -2.35. The summed E-state index contributed by atoms with van der Waals surface area (Å²) in [4.78, 5) is 0.122. The number of benzene rings is 2. The maximum Gasteiger partial charge on any atom is 0.263 e. The molecule has 21 heavy (non-hydrogen) atoms. The number of nitriles is 1. The second-order valence-corrected chi connectivity index (χ2v) is 6.57. The van der Waals surface area contributed by atoms with E-state index in [0.717, 1.165) is 0 Å². The summed E-state index contributed by atoms with van der Waals surface area (Å²) in [5, 5.41) is 8.85. The Hall–Kier alpha value is -2.04. The van der Waals surface area contributed by atoms with Crippen LogP contribution in [-0.2, 0) is 10.0 Å². The highest BCUT2D eigenvalue weighted by molar-refractivity contribution is 9.10. The molecule has 0 aliphatic carbocycles. The summed E-state index contributed by atoms with van der Waals surface area (Å²) in [5.74, 6) is 0.282. The molecule has 7 heteroatoms. The van der Waals surface area contributed by atoms with Crippen LogP contribution in [-0.4, -0.2) is 15.5 Å². The van der Waals surface area contributed by atoms with Crippen molar-refractivity contribution >= 4 is 31.6 Å². The number of methoxy groups -OCH3 is 1. The number of halogens is 1. The summed E-state index contributed by atoms with van der Waals surface area (Å²) < 4.78 is 32.8. The van der Waals surface area contributed by atoms with Gasteiger partial charge >= 0.3 is 0 Å². The van der Waals surface area contributed by atoms with Crippen LogP contribution in [0.1, 0.15) is 5.56 Å². The summed E-state index contributed by atoms with van der Waals surface area (Å²) in [5.41, 5.74) is 0.656. The van der Waals surface area contributed by atoms with Crippen molar-refractivity contribution in [2.75, 3.05) is 11.8 Å². The van der Waals surface area contributed by atoms with Gasteiger partial charge in [0.1, 0.15) is 10.6 Å². The largest absolute Gasteiger partial charge is 0.495 e. The first-order valence-electron chi connectivity index (χ1n) is 5.83. The van der Waals surface area contributed by atoms with E-state index in [2.05, 4.69) is 20.7 Å². The van der Waals surface area contributed by atoms with Crippen LogP contribution in [0.4, 0.5) is 5.69 Å². The monoisotopic (exact) mass is 366 g/mol. The molecule has 0 bridgehead atoms. The molecule has 0 atom stereocenters. The number of sulfonamides is 1. The molecule has 0 saturated heterocycles. The molecule has 0 saturated carbocycles. The van der Waals surface area contributed by atoms with Gasteiger partial charge in [-0.3, -0.25) is 4.72 Å². The summed E-state index contributed by atoms with van der Waals surface area (Å²) in [6.45, 7) is 0. The Labute approximate surface area is 131 Å². The minimum Gasteiger partial charge on any atom is -0.495 e. The average Bonchev–Trinajstić information content (AvgIpc) is 2.47. The normalized spacial score (nSPS) is 10.7. The zero-order chi connectivity index (χ0) is 15.5. The fraction of sp³-hybridized carbons (Fsp3) is 0.0714. The van der Waals surface area contributed by atoms with Crippen molar-refractivity contribution in [3.05, 3.63) is 52.5 Å². The fourth-order valence-electron chi connectivity index (χ4n) is 1.71. The number of ether oxygens (including phenoxy) is 1. The van der Waals surface area contributed by atoms with Gasteiger partial charge in [-0.05, 0) is 40.2 Å². The van der Waals surface area contributed by atoms with Gasteiger partial charge in [0, 0.05) is 10.5 Å². The van der Waals surface area contributed by atoms with Gasteiger partial charge in [0.25, 0.3) is 10.0 Å². The van der Waals surface area contributed by atoms with Crippen LogP contribution < -0.4 is 9.46 Å². The Morgan fingerprint density at radius 3 is 2.57 bits per heavy atom. The molecule has 0 aromatic heterocycles. The van der Waals surface area contributed by atoms with Gasteiger partial charge in [0.15, 0.2) is 0 Å². The van der Waals surface area contributed by atoms with Gasteiger partial charge in [-0.2, -0.15) is 5.26 Å². The van der Waals surface area contributed by atoms with Crippen molar-refractivity contribution in [3.63, 3.8) is 0 Å². The molecule has 0 unspecified atom stereocenters.